The first-order valence-corrected chi connectivity index (χ1v) is 9.74. The van der Waals surface area contributed by atoms with E-state index in [9.17, 15) is 19.8 Å². The predicted octanol–water partition coefficient (Wildman–Crippen LogP) is 3.48. The zero-order chi connectivity index (χ0) is 18.7. The maximum absolute atomic E-state index is 12.1. The van der Waals surface area contributed by atoms with Gasteiger partial charge in [0, 0.05) is 24.7 Å². The van der Waals surface area contributed by atoms with E-state index in [1.54, 1.807) is 6.08 Å². The van der Waals surface area contributed by atoms with E-state index in [1.165, 1.54) is 0 Å². The van der Waals surface area contributed by atoms with Crippen molar-refractivity contribution in [2.75, 3.05) is 0 Å². The Bertz CT molecular complexity index is 432. The van der Waals surface area contributed by atoms with E-state index >= 15 is 0 Å². The minimum atomic E-state index is -0.767. The molecule has 0 heterocycles. The van der Waals surface area contributed by atoms with Gasteiger partial charge in [-0.15, -0.1) is 0 Å². The summed E-state index contributed by atoms with van der Waals surface area (Å²) in [6, 6.07) is 0. The first-order valence-electron chi connectivity index (χ1n) is 9.74. The summed E-state index contributed by atoms with van der Waals surface area (Å²) in [5.41, 5.74) is 0. The molecule has 25 heavy (non-hydrogen) atoms. The fourth-order valence-corrected chi connectivity index (χ4v) is 3.54. The molecule has 0 bridgehead atoms. The van der Waals surface area contributed by atoms with Crippen LogP contribution < -0.4 is 0 Å². The largest absolute Gasteiger partial charge is 0.481 e. The summed E-state index contributed by atoms with van der Waals surface area (Å²) in [7, 11) is 0. The quantitative estimate of drug-likeness (QED) is 0.348. The van der Waals surface area contributed by atoms with Crippen LogP contribution in [0.3, 0.4) is 0 Å². The molecule has 0 aromatic carbocycles. The van der Waals surface area contributed by atoms with Gasteiger partial charge in [-0.3, -0.25) is 9.59 Å². The standard InChI is InChI=1S/C20H34O5/c1-2-3-6-9-15(21)12-13-17-16(18(22)14-19(17)23)10-7-4-5-8-11-20(24)25/h12-13,15-17,19,21,23H,2-11,14H2,1H3,(H,24,25)/t15-,16+,17+,19?/m0/s1. The number of Topliss-reactive ketones (excluding diaryl/α,β-unsaturated/α-hetero) is 1. The topological polar surface area (TPSA) is 94.8 Å². The molecule has 1 aliphatic rings. The van der Waals surface area contributed by atoms with Gasteiger partial charge in [0.15, 0.2) is 0 Å². The van der Waals surface area contributed by atoms with Crippen molar-refractivity contribution in [2.45, 2.75) is 89.8 Å². The second-order valence-electron chi connectivity index (χ2n) is 7.22. The predicted molar refractivity (Wildman–Crippen MR) is 97.2 cm³/mol. The molecular weight excluding hydrogens is 320 g/mol. The number of carboxylic acid groups (broad SMARTS) is 1. The molecular formula is C20H34O5. The van der Waals surface area contributed by atoms with E-state index in [-0.39, 0.29) is 30.5 Å². The Kier molecular flexibility index (Phi) is 10.7. The van der Waals surface area contributed by atoms with E-state index in [4.69, 9.17) is 5.11 Å². The summed E-state index contributed by atoms with van der Waals surface area (Å²) in [4.78, 5) is 22.6. The molecule has 5 nitrogen and oxygen atoms in total. The van der Waals surface area contributed by atoms with E-state index in [0.717, 1.165) is 51.4 Å². The van der Waals surface area contributed by atoms with Crippen molar-refractivity contribution in [3.63, 3.8) is 0 Å². The van der Waals surface area contributed by atoms with Crippen molar-refractivity contribution in [2.24, 2.45) is 11.8 Å². The summed E-state index contributed by atoms with van der Waals surface area (Å²) in [5.74, 6) is -1.04. The van der Waals surface area contributed by atoms with Gasteiger partial charge in [0.2, 0.25) is 0 Å². The molecule has 3 N–H and O–H groups in total. The van der Waals surface area contributed by atoms with Crippen LogP contribution in [0.15, 0.2) is 12.2 Å². The third kappa shape index (κ3) is 8.63. The fraction of sp³-hybridized carbons (Fsp3) is 0.800. The average Bonchev–Trinajstić information content (AvgIpc) is 2.82. The van der Waals surface area contributed by atoms with Crippen LogP contribution in [0.5, 0.6) is 0 Å². The highest BCUT2D eigenvalue weighted by Crippen LogP contribution is 2.34. The molecule has 0 radical (unpaired) electrons. The van der Waals surface area contributed by atoms with Crippen LogP contribution >= 0.6 is 0 Å². The Morgan fingerprint density at radius 3 is 2.60 bits per heavy atom. The van der Waals surface area contributed by atoms with Crippen LogP contribution in [-0.2, 0) is 9.59 Å². The number of rotatable bonds is 13. The van der Waals surface area contributed by atoms with Crippen molar-refractivity contribution in [1.82, 2.24) is 0 Å². The highest BCUT2D eigenvalue weighted by molar-refractivity contribution is 5.84. The van der Waals surface area contributed by atoms with E-state index < -0.39 is 18.2 Å². The number of unbranched alkanes of at least 4 members (excludes halogenated alkanes) is 5. The van der Waals surface area contributed by atoms with Crippen LogP contribution in [0.4, 0.5) is 0 Å². The summed E-state index contributed by atoms with van der Waals surface area (Å²) in [6.07, 6.45) is 10.7. The molecule has 5 heteroatoms. The van der Waals surface area contributed by atoms with Crippen molar-refractivity contribution in [1.29, 1.82) is 0 Å². The number of hydrogen-bond donors (Lipinski definition) is 3. The number of carbonyl (C=O) groups excluding carboxylic acids is 1. The fourth-order valence-electron chi connectivity index (χ4n) is 3.54. The van der Waals surface area contributed by atoms with Gasteiger partial charge in [0.25, 0.3) is 0 Å². The number of aliphatic carboxylic acids is 1. The lowest BCUT2D eigenvalue weighted by Gasteiger charge is -2.18. The number of carbonyl (C=O) groups is 2. The zero-order valence-electron chi connectivity index (χ0n) is 15.4. The summed E-state index contributed by atoms with van der Waals surface area (Å²) in [5, 5.41) is 28.7. The molecule has 1 unspecified atom stereocenters. The Balaban J connectivity index is 2.39. The van der Waals surface area contributed by atoms with Crippen molar-refractivity contribution in [3.05, 3.63) is 12.2 Å². The minimum Gasteiger partial charge on any atom is -0.481 e. The molecule has 144 valence electrons. The lowest BCUT2D eigenvalue weighted by atomic mass is 9.88. The maximum Gasteiger partial charge on any atom is 0.303 e. The van der Waals surface area contributed by atoms with Crippen LogP contribution in [0.2, 0.25) is 0 Å². The third-order valence-corrected chi connectivity index (χ3v) is 5.05. The monoisotopic (exact) mass is 354 g/mol. The highest BCUT2D eigenvalue weighted by Gasteiger charge is 2.39. The average molecular weight is 354 g/mol. The molecule has 0 aromatic heterocycles. The number of carboxylic acids is 1. The second-order valence-corrected chi connectivity index (χ2v) is 7.22. The summed E-state index contributed by atoms with van der Waals surface area (Å²) in [6.45, 7) is 2.12. The zero-order valence-corrected chi connectivity index (χ0v) is 15.4. The Labute approximate surface area is 151 Å². The van der Waals surface area contributed by atoms with Crippen LogP contribution in [0.25, 0.3) is 0 Å². The number of ketones is 1. The molecule has 1 fully saturated rings. The van der Waals surface area contributed by atoms with Crippen molar-refractivity contribution < 1.29 is 24.9 Å². The van der Waals surface area contributed by atoms with E-state index in [2.05, 4.69) is 6.92 Å². The Hall–Kier alpha value is -1.20. The normalized spacial score (nSPS) is 24.9. The molecule has 1 saturated carbocycles. The highest BCUT2D eigenvalue weighted by atomic mass is 16.4. The Morgan fingerprint density at radius 2 is 1.92 bits per heavy atom. The maximum atomic E-state index is 12.1. The third-order valence-electron chi connectivity index (χ3n) is 5.05. The molecule has 4 atom stereocenters. The van der Waals surface area contributed by atoms with Gasteiger partial charge < -0.3 is 15.3 Å². The smallest absolute Gasteiger partial charge is 0.303 e. The Morgan fingerprint density at radius 1 is 1.20 bits per heavy atom. The van der Waals surface area contributed by atoms with Crippen LogP contribution in [-0.4, -0.2) is 39.3 Å². The molecule has 0 spiro atoms. The van der Waals surface area contributed by atoms with Gasteiger partial charge >= 0.3 is 5.97 Å². The number of hydrogen-bond acceptors (Lipinski definition) is 4. The number of aliphatic hydroxyl groups is 2. The van der Waals surface area contributed by atoms with Gasteiger partial charge in [0.05, 0.1) is 12.2 Å². The molecule has 0 aromatic rings. The van der Waals surface area contributed by atoms with Crippen molar-refractivity contribution in [3.8, 4) is 0 Å². The first-order chi connectivity index (χ1) is 12.0. The minimum absolute atomic E-state index is 0.105. The SMILES string of the molecule is CCCCC[C@H](O)C=C[C@H]1C(O)CC(=O)[C@@H]1CCCCCCC(=O)O. The first kappa shape index (κ1) is 21.8. The van der Waals surface area contributed by atoms with Gasteiger partial charge in [-0.1, -0.05) is 57.6 Å². The van der Waals surface area contributed by atoms with Crippen LogP contribution in [0, 0.1) is 11.8 Å². The summed E-state index contributed by atoms with van der Waals surface area (Å²) < 4.78 is 0. The molecule has 1 rings (SSSR count). The van der Waals surface area contributed by atoms with Crippen LogP contribution in [0.1, 0.15) is 77.6 Å². The lowest BCUT2D eigenvalue weighted by molar-refractivity contribution is -0.137. The summed E-state index contributed by atoms with van der Waals surface area (Å²) >= 11 is 0. The van der Waals surface area contributed by atoms with Crippen molar-refractivity contribution >= 4 is 11.8 Å². The van der Waals surface area contributed by atoms with Gasteiger partial charge in [-0.25, -0.2) is 0 Å². The molecule has 0 amide bonds. The molecule has 0 saturated heterocycles. The van der Waals surface area contributed by atoms with Gasteiger partial charge in [0.1, 0.15) is 5.78 Å². The van der Waals surface area contributed by atoms with E-state index in [0.29, 0.717) is 6.42 Å². The lowest BCUT2D eigenvalue weighted by Crippen LogP contribution is -2.19. The van der Waals surface area contributed by atoms with Gasteiger partial charge in [-0.2, -0.15) is 0 Å². The second kappa shape index (κ2) is 12.2. The number of aliphatic hydroxyl groups excluding tert-OH is 2. The molecule has 0 aliphatic heterocycles. The molecule has 1 aliphatic carbocycles. The van der Waals surface area contributed by atoms with Gasteiger partial charge in [-0.05, 0) is 19.3 Å². The van der Waals surface area contributed by atoms with E-state index in [1.807, 2.05) is 6.08 Å².